The number of thioether (sulfide) groups is 1. The maximum absolute atomic E-state index is 12.7. The Morgan fingerprint density at radius 1 is 1.00 bits per heavy atom. The van der Waals surface area contributed by atoms with Crippen LogP contribution in [-0.4, -0.2) is 41.2 Å². The van der Waals surface area contributed by atoms with Crippen molar-refractivity contribution in [3.8, 4) is 0 Å². The molecule has 2 aromatic carbocycles. The lowest BCUT2D eigenvalue weighted by molar-refractivity contribution is -0.147. The second-order valence-electron chi connectivity index (χ2n) is 6.29. The van der Waals surface area contributed by atoms with Crippen molar-refractivity contribution in [2.45, 2.75) is 29.4 Å². The summed E-state index contributed by atoms with van der Waals surface area (Å²) in [5.41, 5.74) is 0.687. The topological polar surface area (TPSA) is 46.6 Å². The van der Waals surface area contributed by atoms with Gasteiger partial charge in [0.25, 0.3) is 5.91 Å². The van der Waals surface area contributed by atoms with Crippen molar-refractivity contribution in [2.75, 3.05) is 19.7 Å². The fraction of sp³-hybridized carbons (Fsp3) is 0.333. The lowest BCUT2D eigenvalue weighted by Crippen LogP contribution is -2.49. The van der Waals surface area contributed by atoms with Crippen molar-refractivity contribution in [2.24, 2.45) is 0 Å². The van der Waals surface area contributed by atoms with Gasteiger partial charge in [-0.25, -0.2) is 0 Å². The van der Waals surface area contributed by atoms with Crippen molar-refractivity contribution < 1.29 is 14.3 Å². The van der Waals surface area contributed by atoms with Gasteiger partial charge < -0.3 is 9.64 Å². The summed E-state index contributed by atoms with van der Waals surface area (Å²) >= 11 is 1.56. The molecule has 0 bridgehead atoms. The maximum atomic E-state index is 12.7. The highest BCUT2D eigenvalue weighted by Gasteiger charge is 2.44. The van der Waals surface area contributed by atoms with Crippen LogP contribution in [0, 0.1) is 0 Å². The molecule has 1 fully saturated rings. The van der Waals surface area contributed by atoms with Crippen LogP contribution in [0.1, 0.15) is 30.1 Å². The number of hydrogen-bond donors (Lipinski definition) is 0. The lowest BCUT2D eigenvalue weighted by atomic mass is 9.95. The van der Waals surface area contributed by atoms with Crippen molar-refractivity contribution in [3.05, 3.63) is 66.2 Å². The van der Waals surface area contributed by atoms with E-state index in [1.54, 1.807) is 11.8 Å². The Kier molecular flexibility index (Phi) is 5.99. The van der Waals surface area contributed by atoms with Crippen LogP contribution < -0.4 is 0 Å². The van der Waals surface area contributed by atoms with E-state index >= 15 is 0 Å². The summed E-state index contributed by atoms with van der Waals surface area (Å²) in [5, 5.41) is 0. The number of amides is 1. The highest BCUT2D eigenvalue weighted by molar-refractivity contribution is 8.01. The first-order valence-corrected chi connectivity index (χ1v) is 9.72. The summed E-state index contributed by atoms with van der Waals surface area (Å²) in [5.74, 6) is -0.159. The number of benzene rings is 2. The number of rotatable bonds is 5. The molecular weight excluding hydrogens is 346 g/mol. The average Bonchev–Trinajstić information content (AvgIpc) is 2.69. The van der Waals surface area contributed by atoms with E-state index in [1.807, 2.05) is 72.5 Å². The van der Waals surface area contributed by atoms with Crippen LogP contribution in [-0.2, 0) is 9.53 Å². The summed E-state index contributed by atoms with van der Waals surface area (Å²) in [6.45, 7) is 3.29. The lowest BCUT2D eigenvalue weighted by Gasteiger charge is -2.39. The molecular formula is C21H23NO3S. The highest BCUT2D eigenvalue weighted by Crippen LogP contribution is 2.42. The van der Waals surface area contributed by atoms with Crippen molar-refractivity contribution >= 4 is 23.6 Å². The summed E-state index contributed by atoms with van der Waals surface area (Å²) in [6.07, 6.45) is 1.17. The normalized spacial score (nSPS) is 16.1. The van der Waals surface area contributed by atoms with Crippen LogP contribution in [0.2, 0.25) is 0 Å². The zero-order valence-corrected chi connectivity index (χ0v) is 15.7. The van der Waals surface area contributed by atoms with Gasteiger partial charge in [-0.15, -0.1) is 11.8 Å². The monoisotopic (exact) mass is 369 g/mol. The molecule has 26 heavy (non-hydrogen) atoms. The smallest absolute Gasteiger partial charge is 0.322 e. The van der Waals surface area contributed by atoms with Crippen molar-refractivity contribution in [3.63, 3.8) is 0 Å². The molecule has 136 valence electrons. The second kappa shape index (κ2) is 8.41. The van der Waals surface area contributed by atoms with Gasteiger partial charge in [-0.2, -0.15) is 0 Å². The first kappa shape index (κ1) is 18.5. The number of carbonyl (C=O) groups is 2. The van der Waals surface area contributed by atoms with Gasteiger partial charge in [0.05, 0.1) is 6.61 Å². The van der Waals surface area contributed by atoms with E-state index in [9.17, 15) is 9.59 Å². The van der Waals surface area contributed by atoms with E-state index in [4.69, 9.17) is 4.74 Å². The van der Waals surface area contributed by atoms with Crippen LogP contribution in [0.25, 0.3) is 0 Å². The molecule has 5 heteroatoms. The van der Waals surface area contributed by atoms with Gasteiger partial charge in [0.15, 0.2) is 0 Å². The van der Waals surface area contributed by atoms with E-state index in [-0.39, 0.29) is 11.9 Å². The molecule has 3 rings (SSSR count). The molecule has 0 spiro atoms. The standard InChI is InChI=1S/C21H23NO3S/c1-2-25-20(24)21(26-18-11-7-4-8-12-18)13-15-22(16-14-21)19(23)17-9-5-3-6-10-17/h3-12H,2,13-16H2,1H3. The Labute approximate surface area is 158 Å². The van der Waals surface area contributed by atoms with Crippen LogP contribution in [0.15, 0.2) is 65.6 Å². The van der Waals surface area contributed by atoms with Crippen LogP contribution in [0.5, 0.6) is 0 Å². The van der Waals surface area contributed by atoms with Crippen molar-refractivity contribution in [1.82, 2.24) is 4.90 Å². The molecule has 0 N–H and O–H groups in total. The quantitative estimate of drug-likeness (QED) is 0.747. The molecule has 1 amide bonds. The molecule has 4 nitrogen and oxygen atoms in total. The Bertz CT molecular complexity index is 740. The molecule has 0 aromatic heterocycles. The first-order chi connectivity index (χ1) is 12.6. The average molecular weight is 369 g/mol. The molecule has 1 aliphatic rings. The summed E-state index contributed by atoms with van der Waals surface area (Å²) in [6, 6.07) is 19.2. The third-order valence-corrected chi connectivity index (χ3v) is 6.06. The highest BCUT2D eigenvalue weighted by atomic mass is 32.2. The SMILES string of the molecule is CCOC(=O)C1(Sc2ccccc2)CCN(C(=O)c2ccccc2)CC1. The third-order valence-electron chi connectivity index (χ3n) is 4.58. The van der Waals surface area contributed by atoms with Crippen LogP contribution in [0.4, 0.5) is 0 Å². The second-order valence-corrected chi connectivity index (χ2v) is 7.75. The van der Waals surface area contributed by atoms with E-state index in [0.717, 1.165) is 4.90 Å². The predicted octanol–water partition coefficient (Wildman–Crippen LogP) is 4.02. The minimum Gasteiger partial charge on any atom is -0.465 e. The Morgan fingerprint density at radius 3 is 2.15 bits per heavy atom. The zero-order chi connectivity index (χ0) is 18.4. The van der Waals surface area contributed by atoms with E-state index in [2.05, 4.69) is 0 Å². The zero-order valence-electron chi connectivity index (χ0n) is 14.9. The molecule has 2 aromatic rings. The predicted molar refractivity (Wildman–Crippen MR) is 103 cm³/mol. The van der Waals surface area contributed by atoms with Gasteiger partial charge in [-0.1, -0.05) is 36.4 Å². The molecule has 0 saturated carbocycles. The van der Waals surface area contributed by atoms with Gasteiger partial charge in [0, 0.05) is 23.5 Å². The van der Waals surface area contributed by atoms with Gasteiger partial charge in [-0.3, -0.25) is 9.59 Å². The summed E-state index contributed by atoms with van der Waals surface area (Å²) < 4.78 is 4.74. The molecule has 0 aliphatic carbocycles. The number of piperidine rings is 1. The molecule has 0 unspecified atom stereocenters. The Hall–Kier alpha value is -2.27. The molecule has 1 aliphatic heterocycles. The van der Waals surface area contributed by atoms with E-state index in [1.165, 1.54) is 0 Å². The molecule has 0 atom stereocenters. The largest absolute Gasteiger partial charge is 0.465 e. The van der Waals surface area contributed by atoms with E-state index < -0.39 is 4.75 Å². The summed E-state index contributed by atoms with van der Waals surface area (Å²) in [7, 11) is 0. The van der Waals surface area contributed by atoms with Gasteiger partial charge in [-0.05, 0) is 44.0 Å². The van der Waals surface area contributed by atoms with Gasteiger partial charge in [0.1, 0.15) is 4.75 Å². The number of hydrogen-bond acceptors (Lipinski definition) is 4. The molecule has 1 saturated heterocycles. The summed E-state index contributed by atoms with van der Waals surface area (Å²) in [4.78, 5) is 28.3. The van der Waals surface area contributed by atoms with Crippen LogP contribution >= 0.6 is 11.8 Å². The van der Waals surface area contributed by atoms with Crippen LogP contribution in [0.3, 0.4) is 0 Å². The third kappa shape index (κ3) is 4.10. The molecule has 1 heterocycles. The number of carbonyl (C=O) groups excluding carboxylic acids is 2. The van der Waals surface area contributed by atoms with Crippen molar-refractivity contribution in [1.29, 1.82) is 0 Å². The fourth-order valence-electron chi connectivity index (χ4n) is 3.16. The minimum atomic E-state index is -0.634. The minimum absolute atomic E-state index is 0.0211. The van der Waals surface area contributed by atoms with E-state index in [0.29, 0.717) is 38.1 Å². The molecule has 0 radical (unpaired) electrons. The maximum Gasteiger partial charge on any atom is 0.322 e. The number of esters is 1. The first-order valence-electron chi connectivity index (χ1n) is 8.90. The fourth-order valence-corrected chi connectivity index (χ4v) is 4.43. The number of ether oxygens (including phenoxy) is 1. The van der Waals surface area contributed by atoms with Gasteiger partial charge in [0.2, 0.25) is 0 Å². The van der Waals surface area contributed by atoms with Gasteiger partial charge >= 0.3 is 5.97 Å². The number of nitrogens with zero attached hydrogens (tertiary/aromatic N) is 1. The Morgan fingerprint density at radius 2 is 1.58 bits per heavy atom. The Balaban J connectivity index is 1.74. The number of likely N-dealkylation sites (tertiary alicyclic amines) is 1.